The number of rotatable bonds is 4. The van der Waals surface area contributed by atoms with Crippen LogP contribution in [0.3, 0.4) is 0 Å². The van der Waals surface area contributed by atoms with E-state index in [2.05, 4.69) is 114 Å². The fraction of sp³-hybridized carbons (Fsp3) is 0.606. The van der Waals surface area contributed by atoms with Gasteiger partial charge in [-0.2, -0.15) is 86.4 Å². The summed E-state index contributed by atoms with van der Waals surface area (Å²) in [5.41, 5.74) is -0.186. The predicted molar refractivity (Wildman–Crippen MR) is 168 cm³/mol. The summed E-state index contributed by atoms with van der Waals surface area (Å²) in [6.45, 7) is 32.0. The van der Waals surface area contributed by atoms with Gasteiger partial charge in [0.25, 0.3) is 0 Å². The zero-order valence-electron chi connectivity index (χ0n) is 27.5. The second-order valence-corrected chi connectivity index (χ2v) is 22.2. The van der Waals surface area contributed by atoms with Crippen molar-refractivity contribution in [1.82, 2.24) is 0 Å². The molecule has 0 fully saturated rings. The second-order valence-electron chi connectivity index (χ2n) is 14.5. The van der Waals surface area contributed by atoms with Crippen LogP contribution >= 0.6 is 15.8 Å². The maximum atomic E-state index is 12.1. The summed E-state index contributed by atoms with van der Waals surface area (Å²) in [7, 11) is -0.246. The van der Waals surface area contributed by atoms with Crippen LogP contribution in [0, 0.1) is 13.0 Å². The molecule has 0 aliphatic carbocycles. The minimum absolute atomic E-state index is 0.0642. The molecule has 2 rings (SSSR count). The third-order valence-electron chi connectivity index (χ3n) is 6.46. The summed E-state index contributed by atoms with van der Waals surface area (Å²) in [5.74, 6) is 0. The summed E-state index contributed by atoms with van der Waals surface area (Å²) in [6, 6.07) is 11.9. The van der Waals surface area contributed by atoms with Crippen LogP contribution in [-0.2, 0) is 44.1 Å². The molecule has 0 nitrogen and oxygen atoms in total. The van der Waals surface area contributed by atoms with E-state index in [0.29, 0.717) is 52.2 Å². The van der Waals surface area contributed by atoms with Gasteiger partial charge < -0.3 is 0 Å². The van der Waals surface area contributed by atoms with Crippen LogP contribution in [0.5, 0.6) is 0 Å². The van der Waals surface area contributed by atoms with Crippen LogP contribution in [0.15, 0.2) is 36.4 Å². The van der Waals surface area contributed by atoms with Gasteiger partial charge in [0.1, 0.15) is 0 Å². The summed E-state index contributed by atoms with van der Waals surface area (Å²) < 4.78 is 82.3. The second kappa shape index (κ2) is 15.8. The third-order valence-corrected chi connectivity index (χ3v) is 14.3. The molecule has 0 saturated heterocycles. The van der Waals surface area contributed by atoms with E-state index in [1.165, 1.54) is 23.5 Å². The van der Waals surface area contributed by atoms with Gasteiger partial charge in [0.15, 0.2) is 0 Å². The van der Waals surface area contributed by atoms with Crippen LogP contribution in [0.4, 0.5) is 29.6 Å². The first kappa shape index (κ1) is 42.3. The Morgan fingerprint density at radius 1 is 0.581 bits per heavy atom. The molecule has 0 radical (unpaired) electrons. The van der Waals surface area contributed by atoms with Crippen molar-refractivity contribution < 1.29 is 49.0 Å². The molecule has 10 heteroatoms. The van der Waals surface area contributed by atoms with E-state index in [1.807, 2.05) is 0 Å². The van der Waals surface area contributed by atoms with E-state index in [4.69, 9.17) is 0 Å². The molecule has 0 aliphatic rings. The van der Waals surface area contributed by atoms with Crippen LogP contribution < -0.4 is 0 Å². The van der Waals surface area contributed by atoms with Crippen molar-refractivity contribution >= 4 is 15.8 Å². The van der Waals surface area contributed by atoms with Crippen LogP contribution in [-0.4, -0.2) is 20.6 Å². The molecule has 43 heavy (non-hydrogen) atoms. The summed E-state index contributed by atoms with van der Waals surface area (Å²) in [6.07, 6.45) is -7.24. The molecular formula is C33H48F7IrP2. The molecule has 0 amide bonds. The molecule has 0 heterocycles. The summed E-state index contributed by atoms with van der Waals surface area (Å²) in [5, 5.41) is 1.45. The van der Waals surface area contributed by atoms with Gasteiger partial charge in [0.05, 0.1) is 0 Å². The standard InChI is InChI=1S/C24H43P2.C9H5F6.FH.Ir/c1-21(2,3)25(22(4,5)6)17-19-14-13-15-20(16-19)18-26(23(7,8)9)24(10,11)12;1-5-2-6(8(10,11)12)4-7(3-5)9(13,14)15;;/h13-15H,17-18H2,1-12H3;2-4H,1H2;1H;/q2*-1;;+3/p-1. The number of hydrogen-bond donors (Lipinski definition) is 0. The van der Waals surface area contributed by atoms with Gasteiger partial charge in [-0.25, -0.2) is 0 Å². The SMILES string of the molecule is CC(C)(C)P(Cc1[c-]c(CP(C(C)(C)C)C(C)(C)C)ccc1)C(C)(C)C.[CH2-]c1cc(C(F)(F)F)cc(C(F)(F)F)c1.[F][Ir+2]. The van der Waals surface area contributed by atoms with Gasteiger partial charge >= 0.3 is 35.0 Å². The average molecular weight is 832 g/mol. The van der Waals surface area contributed by atoms with E-state index in [-0.39, 0.29) is 27.5 Å². The first-order chi connectivity index (χ1) is 19.0. The van der Waals surface area contributed by atoms with Gasteiger partial charge in [-0.15, -0.1) is 0 Å². The van der Waals surface area contributed by atoms with Crippen molar-refractivity contribution in [2.24, 2.45) is 0 Å². The van der Waals surface area contributed by atoms with Crippen molar-refractivity contribution in [2.75, 3.05) is 0 Å². The number of hydrogen-bond acceptors (Lipinski definition) is 0. The third kappa shape index (κ3) is 15.0. The minimum atomic E-state index is -4.80. The molecule has 0 atom stereocenters. The molecule has 0 aromatic heterocycles. The zero-order chi connectivity index (χ0) is 34.4. The summed E-state index contributed by atoms with van der Waals surface area (Å²) >= 11 is 0.500. The Labute approximate surface area is 269 Å². The Morgan fingerprint density at radius 2 is 0.860 bits per heavy atom. The van der Waals surface area contributed by atoms with Crippen molar-refractivity contribution in [3.05, 3.63) is 77.2 Å². The van der Waals surface area contributed by atoms with Crippen molar-refractivity contribution in [3.63, 3.8) is 0 Å². The molecule has 0 spiro atoms. The topological polar surface area (TPSA) is 0 Å². The van der Waals surface area contributed by atoms with Gasteiger partial charge in [0, 0.05) is 11.1 Å². The predicted octanol–water partition coefficient (Wildman–Crippen LogP) is 13.0. The monoisotopic (exact) mass is 832 g/mol. The zero-order valence-corrected chi connectivity index (χ0v) is 31.6. The number of alkyl halides is 6. The Balaban J connectivity index is 0.000000878. The van der Waals surface area contributed by atoms with Gasteiger partial charge in [0.2, 0.25) is 0 Å². The number of halogens is 7. The molecule has 0 aliphatic heterocycles. The van der Waals surface area contributed by atoms with Crippen molar-refractivity contribution in [2.45, 2.75) is 128 Å². The molecule has 2 aromatic carbocycles. The molecule has 0 N–H and O–H groups in total. The van der Waals surface area contributed by atoms with E-state index in [1.54, 1.807) is 0 Å². The van der Waals surface area contributed by atoms with Crippen LogP contribution in [0.1, 0.15) is 111 Å². The molecule has 2 aromatic rings. The molecule has 248 valence electrons. The van der Waals surface area contributed by atoms with E-state index in [9.17, 15) is 29.6 Å². The molecular weight excluding hydrogens is 784 g/mol. The Bertz CT molecular complexity index is 1020. The maximum absolute atomic E-state index is 12.1. The van der Waals surface area contributed by atoms with Crippen LogP contribution in [0.2, 0.25) is 0 Å². The Morgan fingerprint density at radius 3 is 1.09 bits per heavy atom. The van der Waals surface area contributed by atoms with E-state index >= 15 is 0 Å². The fourth-order valence-electron chi connectivity index (χ4n) is 5.08. The van der Waals surface area contributed by atoms with Crippen molar-refractivity contribution in [1.29, 1.82) is 0 Å². The van der Waals surface area contributed by atoms with Gasteiger partial charge in [-0.1, -0.05) is 105 Å². The van der Waals surface area contributed by atoms with E-state index < -0.39 is 23.5 Å². The van der Waals surface area contributed by atoms with Gasteiger partial charge in [-0.05, 0) is 32.9 Å². The first-order valence-corrected chi connectivity index (χ1v) is 17.8. The fourth-order valence-corrected chi connectivity index (χ4v) is 12.0. The average Bonchev–Trinajstić information content (AvgIpc) is 2.79. The summed E-state index contributed by atoms with van der Waals surface area (Å²) in [4.78, 5) is 0. The first-order valence-electron chi connectivity index (χ1n) is 13.8. The van der Waals surface area contributed by atoms with Gasteiger partial charge in [-0.3, -0.25) is 0 Å². The van der Waals surface area contributed by atoms with Crippen molar-refractivity contribution in [3.8, 4) is 0 Å². The van der Waals surface area contributed by atoms with E-state index in [0.717, 1.165) is 0 Å². The Kier molecular flexibility index (Phi) is 15.5. The molecule has 0 unspecified atom stereocenters. The number of benzene rings is 2. The van der Waals surface area contributed by atoms with Crippen LogP contribution in [0.25, 0.3) is 0 Å². The Hall–Kier alpha value is -0.671. The quantitative estimate of drug-likeness (QED) is 0.164. The molecule has 0 bridgehead atoms. The molecule has 0 saturated carbocycles. The normalized spacial score (nSPS) is 13.3.